The number of allylic oxidation sites excluding steroid dienone is 1. The zero-order valence-electron chi connectivity index (χ0n) is 36.0. The minimum Gasteiger partial charge on any atom is -0.394 e. The topological polar surface area (TPSA) is 256 Å². The molecule has 9 N–H and O–H groups in total. The van der Waals surface area contributed by atoms with Crippen LogP contribution in [0.2, 0.25) is 0 Å². The first kappa shape index (κ1) is 45.2. The molecule has 4 aliphatic carbocycles. The number of aliphatic hydroxyl groups is 9. The van der Waals surface area contributed by atoms with Gasteiger partial charge in [-0.2, -0.15) is 0 Å². The van der Waals surface area contributed by atoms with Crippen LogP contribution in [0.4, 0.5) is 0 Å². The molecule has 3 saturated carbocycles. The van der Waals surface area contributed by atoms with E-state index in [9.17, 15) is 46.0 Å². The highest BCUT2D eigenvalue weighted by atomic mass is 16.8. The Balaban J connectivity index is 0.921. The van der Waals surface area contributed by atoms with Gasteiger partial charge in [0, 0.05) is 17.8 Å². The van der Waals surface area contributed by atoms with Crippen molar-refractivity contribution < 1.29 is 83.9 Å². The van der Waals surface area contributed by atoms with Gasteiger partial charge in [-0.15, -0.1) is 0 Å². The molecular weight excluding hydrogens is 800 g/mol. The van der Waals surface area contributed by atoms with E-state index in [2.05, 4.69) is 33.8 Å². The number of rotatable bonds is 7. The molecule has 1 spiro atoms. The third-order valence-electron chi connectivity index (χ3n) is 17.5. The highest BCUT2D eigenvalue weighted by molar-refractivity contribution is 5.29. The fraction of sp³-hybridized carbons (Fsp3) is 0.955. The summed E-state index contributed by atoms with van der Waals surface area (Å²) in [5, 5.41) is 97.9. The molecule has 348 valence electrons. The molecule has 0 amide bonds. The van der Waals surface area contributed by atoms with Gasteiger partial charge in [0.05, 0.1) is 38.1 Å². The van der Waals surface area contributed by atoms with Gasteiger partial charge in [-0.25, -0.2) is 0 Å². The van der Waals surface area contributed by atoms with Gasteiger partial charge in [-0.05, 0) is 87.4 Å². The monoisotopic (exact) mass is 870 g/mol. The van der Waals surface area contributed by atoms with Crippen molar-refractivity contribution in [2.75, 3.05) is 19.8 Å². The third-order valence-corrected chi connectivity index (χ3v) is 17.5. The number of hydrogen-bond donors (Lipinski definition) is 9. The smallest absolute Gasteiger partial charge is 0.187 e. The van der Waals surface area contributed by atoms with Crippen molar-refractivity contribution in [3.05, 3.63) is 11.6 Å². The largest absolute Gasteiger partial charge is 0.394 e. The van der Waals surface area contributed by atoms with Crippen molar-refractivity contribution >= 4 is 0 Å². The maximum atomic E-state index is 12.8. The molecule has 5 saturated heterocycles. The molecule has 17 nitrogen and oxygen atoms in total. The van der Waals surface area contributed by atoms with E-state index < -0.39 is 110 Å². The van der Waals surface area contributed by atoms with E-state index in [0.29, 0.717) is 43.1 Å². The summed E-state index contributed by atoms with van der Waals surface area (Å²) in [6, 6.07) is 0. The van der Waals surface area contributed by atoms with E-state index in [1.165, 1.54) is 12.5 Å². The molecule has 25 unspecified atom stereocenters. The van der Waals surface area contributed by atoms with Crippen molar-refractivity contribution in [3.8, 4) is 0 Å². The van der Waals surface area contributed by atoms with Crippen LogP contribution in [0.5, 0.6) is 0 Å². The molecule has 0 aromatic rings. The lowest BCUT2D eigenvalue weighted by molar-refractivity contribution is -0.385. The van der Waals surface area contributed by atoms with Crippen LogP contribution in [-0.2, 0) is 37.9 Å². The van der Waals surface area contributed by atoms with E-state index in [-0.39, 0.29) is 29.5 Å². The van der Waals surface area contributed by atoms with E-state index in [4.69, 9.17) is 37.9 Å². The van der Waals surface area contributed by atoms with Gasteiger partial charge in [0.15, 0.2) is 24.7 Å². The van der Waals surface area contributed by atoms with Crippen LogP contribution in [0.3, 0.4) is 0 Å². The molecule has 17 heteroatoms. The molecule has 5 heterocycles. The van der Waals surface area contributed by atoms with E-state index in [1.54, 1.807) is 0 Å². The normalized spacial score (nSPS) is 58.4. The summed E-state index contributed by atoms with van der Waals surface area (Å²) in [6.45, 7) is 10.1. The molecule has 9 aliphatic rings. The van der Waals surface area contributed by atoms with Gasteiger partial charge < -0.3 is 83.9 Å². The predicted octanol–water partition coefficient (Wildman–Crippen LogP) is -0.0319. The number of ether oxygens (including phenoxy) is 8. The molecule has 9 rings (SSSR count). The second-order valence-corrected chi connectivity index (χ2v) is 20.7. The van der Waals surface area contributed by atoms with Crippen molar-refractivity contribution in [2.24, 2.45) is 40.4 Å². The lowest BCUT2D eigenvalue weighted by atomic mass is 9.46. The average molecular weight is 871 g/mol. The zero-order valence-corrected chi connectivity index (χ0v) is 36.0. The van der Waals surface area contributed by atoms with Crippen molar-refractivity contribution in [2.45, 2.75) is 202 Å². The van der Waals surface area contributed by atoms with Crippen molar-refractivity contribution in [1.29, 1.82) is 0 Å². The summed E-state index contributed by atoms with van der Waals surface area (Å²) in [5.41, 5.74) is -0.101. The molecule has 5 aliphatic heterocycles. The van der Waals surface area contributed by atoms with E-state index in [1.807, 2.05) is 0 Å². The molecular formula is C44H70O17. The Kier molecular flexibility index (Phi) is 12.2. The lowest BCUT2D eigenvalue weighted by Crippen LogP contribution is -2.66. The highest BCUT2D eigenvalue weighted by Gasteiger charge is 2.76. The molecule has 61 heavy (non-hydrogen) atoms. The number of hydrogen-bond acceptors (Lipinski definition) is 17. The standard InChI is InChI=1S/C44H70O17/c1-19-8-13-43(55-17-19)21(3)44(53)29(61-43)15-26-24-7-6-22-14-23(9-11-41(22,4)25(24)10-12-42(26,44)5)57-40-37(60-39-34(51)32(49)30(47)20(2)56-39)35(52)36(28(16-45)58-40)59-38-33(50)31(48)27(46)18-54-38/h6,19-21,23-40,45-53H,7-18H2,1-5H3. The Hall–Kier alpha value is -0.940. The molecule has 0 radical (unpaired) electrons. The Bertz CT molecular complexity index is 1610. The van der Waals surface area contributed by atoms with Gasteiger partial charge >= 0.3 is 0 Å². The Morgan fingerprint density at radius 2 is 1.48 bits per heavy atom. The van der Waals surface area contributed by atoms with Crippen LogP contribution in [0.15, 0.2) is 11.6 Å². The third kappa shape index (κ3) is 7.06. The maximum absolute atomic E-state index is 12.8. The second kappa shape index (κ2) is 16.4. The van der Waals surface area contributed by atoms with Crippen LogP contribution in [-0.4, -0.2) is 175 Å². The summed E-state index contributed by atoms with van der Waals surface area (Å²) in [6.07, 6.45) is -11.5. The molecule has 0 aromatic heterocycles. The quantitative estimate of drug-likeness (QED) is 0.152. The zero-order chi connectivity index (χ0) is 43.6. The van der Waals surface area contributed by atoms with Gasteiger partial charge in [0.25, 0.3) is 0 Å². The minimum absolute atomic E-state index is 0.109. The van der Waals surface area contributed by atoms with Gasteiger partial charge in [0.2, 0.25) is 0 Å². The van der Waals surface area contributed by atoms with Crippen molar-refractivity contribution in [3.63, 3.8) is 0 Å². The molecule has 25 atom stereocenters. The number of aliphatic hydroxyl groups excluding tert-OH is 8. The molecule has 0 bridgehead atoms. The summed E-state index contributed by atoms with van der Waals surface area (Å²) >= 11 is 0. The van der Waals surface area contributed by atoms with Crippen LogP contribution >= 0.6 is 0 Å². The van der Waals surface area contributed by atoms with Crippen LogP contribution in [0, 0.1) is 40.4 Å². The Labute approximate surface area is 357 Å². The summed E-state index contributed by atoms with van der Waals surface area (Å²) < 4.78 is 49.5. The summed E-state index contributed by atoms with van der Waals surface area (Å²) in [5.74, 6) is 0.693. The Morgan fingerprint density at radius 1 is 0.738 bits per heavy atom. The van der Waals surface area contributed by atoms with E-state index in [0.717, 1.165) is 44.9 Å². The maximum Gasteiger partial charge on any atom is 0.187 e. The Morgan fingerprint density at radius 3 is 2.20 bits per heavy atom. The SMILES string of the molecule is CC1CCC2(OC1)OC1CC3C4CC=C5CC(OC6OC(CO)C(OC7OCC(O)C(O)C7O)C(O)C6OC6OC(C)C(O)C(O)C6O)CCC5(C)C4CCC3(C)C1(O)C2C. The van der Waals surface area contributed by atoms with Crippen molar-refractivity contribution in [1.82, 2.24) is 0 Å². The predicted molar refractivity (Wildman–Crippen MR) is 210 cm³/mol. The van der Waals surface area contributed by atoms with Crippen LogP contribution in [0.1, 0.15) is 92.4 Å². The first-order chi connectivity index (χ1) is 28.9. The number of fused-ring (bicyclic) bond motifs is 7. The van der Waals surface area contributed by atoms with Gasteiger partial charge in [-0.3, -0.25) is 0 Å². The lowest BCUT2D eigenvalue weighted by Gasteiger charge is -2.60. The second-order valence-electron chi connectivity index (χ2n) is 20.7. The highest BCUT2D eigenvalue weighted by Crippen LogP contribution is 2.72. The molecule has 0 aromatic carbocycles. The fourth-order valence-electron chi connectivity index (χ4n) is 13.7. The van der Waals surface area contributed by atoms with Crippen LogP contribution in [0.25, 0.3) is 0 Å². The summed E-state index contributed by atoms with van der Waals surface area (Å²) in [4.78, 5) is 0. The van der Waals surface area contributed by atoms with E-state index >= 15 is 0 Å². The first-order valence-corrected chi connectivity index (χ1v) is 22.9. The molecule has 8 fully saturated rings. The average Bonchev–Trinajstić information content (AvgIpc) is 3.59. The van der Waals surface area contributed by atoms with Gasteiger partial charge in [-0.1, -0.05) is 39.3 Å². The minimum atomic E-state index is -1.72. The summed E-state index contributed by atoms with van der Waals surface area (Å²) in [7, 11) is 0. The van der Waals surface area contributed by atoms with Crippen LogP contribution < -0.4 is 0 Å². The first-order valence-electron chi connectivity index (χ1n) is 22.9. The van der Waals surface area contributed by atoms with Gasteiger partial charge in [0.1, 0.15) is 66.6 Å². The fourth-order valence-corrected chi connectivity index (χ4v) is 13.7.